The van der Waals surface area contributed by atoms with Crippen LogP contribution in [0.1, 0.15) is 31.4 Å². The molecule has 0 unspecified atom stereocenters. The number of halogens is 3. The third kappa shape index (κ3) is 4.78. The van der Waals surface area contributed by atoms with Gasteiger partial charge in [0, 0.05) is 38.0 Å². The first-order valence-electron chi connectivity index (χ1n) is 7.89. The Labute approximate surface area is 158 Å². The van der Waals surface area contributed by atoms with Crippen molar-refractivity contribution < 1.29 is 22.7 Å². The number of aromatic nitrogens is 2. The van der Waals surface area contributed by atoms with Crippen LogP contribution >= 0.6 is 27.0 Å². The van der Waals surface area contributed by atoms with E-state index in [0.29, 0.717) is 0 Å². The van der Waals surface area contributed by atoms with E-state index in [9.17, 15) is 18.0 Å². The van der Waals surface area contributed by atoms with Crippen molar-refractivity contribution in [2.75, 3.05) is 19.7 Å². The second-order valence-corrected chi connectivity index (χ2v) is 6.28. The van der Waals surface area contributed by atoms with Gasteiger partial charge in [0.2, 0.25) is 11.8 Å². The van der Waals surface area contributed by atoms with Gasteiger partial charge < -0.3 is 9.64 Å². The van der Waals surface area contributed by atoms with E-state index >= 15 is 0 Å². The fourth-order valence-electron chi connectivity index (χ4n) is 3.23. The summed E-state index contributed by atoms with van der Waals surface area (Å²) in [6, 6.07) is 0.899. The average molecular weight is 400 g/mol. The molecule has 144 valence electrons. The number of rotatable bonds is 4. The minimum atomic E-state index is -4.45. The molecule has 1 aliphatic carbocycles. The molecule has 2 fully saturated rings. The molecule has 0 radical (unpaired) electrons. The summed E-state index contributed by atoms with van der Waals surface area (Å²) < 4.78 is 44.3. The van der Waals surface area contributed by atoms with E-state index in [0.717, 1.165) is 49.5 Å². The Balaban J connectivity index is 0.00000156. The number of carbonyl (C=O) groups is 1. The summed E-state index contributed by atoms with van der Waals surface area (Å²) >= 11 is 0. The van der Waals surface area contributed by atoms with Crippen molar-refractivity contribution in [3.05, 3.63) is 11.8 Å². The summed E-state index contributed by atoms with van der Waals surface area (Å²) in [6.07, 6.45) is -0.655. The summed E-state index contributed by atoms with van der Waals surface area (Å²) in [7, 11) is 1.23. The maximum absolute atomic E-state index is 12.7. The van der Waals surface area contributed by atoms with Crippen LogP contribution in [0.4, 0.5) is 13.2 Å². The number of amides is 1. The first kappa shape index (κ1) is 22.0. The zero-order valence-corrected chi connectivity index (χ0v) is 16.0. The number of hydrogen-bond donors (Lipinski definition) is 0. The Morgan fingerprint density at radius 3 is 2.40 bits per heavy atom. The SMILES string of the molecule is Cn1nc(OC[C@H]2CC[C@@H]2C(=O)N2CCCC2)cc1C(F)(F)F.S.S. The first-order valence-corrected chi connectivity index (χ1v) is 7.89. The number of aryl methyl sites for hydroxylation is 1. The predicted molar refractivity (Wildman–Crippen MR) is 96.5 cm³/mol. The highest BCUT2D eigenvalue weighted by atomic mass is 32.1. The molecule has 1 aromatic rings. The normalized spacial score (nSPS) is 22.6. The van der Waals surface area contributed by atoms with Crippen LogP contribution in [0.5, 0.6) is 5.88 Å². The Morgan fingerprint density at radius 1 is 1.28 bits per heavy atom. The zero-order chi connectivity index (χ0) is 16.6. The molecule has 2 atom stereocenters. The molecule has 25 heavy (non-hydrogen) atoms. The molecule has 2 aliphatic rings. The Bertz CT molecular complexity index is 589. The highest BCUT2D eigenvalue weighted by molar-refractivity contribution is 7.59. The van der Waals surface area contributed by atoms with Gasteiger partial charge >= 0.3 is 6.18 Å². The van der Waals surface area contributed by atoms with Crippen LogP contribution in [-0.4, -0.2) is 40.3 Å². The van der Waals surface area contributed by atoms with Crippen LogP contribution in [-0.2, 0) is 18.0 Å². The molecular formula is C15H24F3N3O2S2. The number of carbonyl (C=O) groups excluding carboxylic acids is 1. The lowest BCUT2D eigenvalue weighted by molar-refractivity contribution is -0.143. The smallest absolute Gasteiger partial charge is 0.433 e. The lowest BCUT2D eigenvalue weighted by Gasteiger charge is -2.37. The van der Waals surface area contributed by atoms with Crippen LogP contribution in [0.3, 0.4) is 0 Å². The lowest BCUT2D eigenvalue weighted by atomic mass is 9.73. The molecule has 2 heterocycles. The fraction of sp³-hybridized carbons (Fsp3) is 0.733. The van der Waals surface area contributed by atoms with Gasteiger partial charge in [-0.05, 0) is 25.7 Å². The van der Waals surface area contributed by atoms with E-state index in [1.165, 1.54) is 7.05 Å². The molecular weight excluding hydrogens is 375 g/mol. The van der Waals surface area contributed by atoms with Crippen LogP contribution in [0.2, 0.25) is 0 Å². The summed E-state index contributed by atoms with van der Waals surface area (Å²) in [5, 5.41) is 3.73. The number of alkyl halides is 3. The molecule has 10 heteroatoms. The molecule has 1 aromatic heterocycles. The minimum absolute atomic E-state index is 0. The monoisotopic (exact) mass is 399 g/mol. The lowest BCUT2D eigenvalue weighted by Crippen LogP contribution is -2.44. The Kier molecular flexibility index (Phi) is 7.54. The van der Waals surface area contributed by atoms with Gasteiger partial charge in [-0.25, -0.2) is 0 Å². The second kappa shape index (κ2) is 8.57. The molecule has 1 saturated carbocycles. The van der Waals surface area contributed by atoms with Gasteiger partial charge in [-0.3, -0.25) is 9.48 Å². The van der Waals surface area contributed by atoms with Gasteiger partial charge in [-0.15, -0.1) is 5.10 Å². The van der Waals surface area contributed by atoms with E-state index in [4.69, 9.17) is 4.74 Å². The summed E-state index contributed by atoms with van der Waals surface area (Å²) in [4.78, 5) is 14.2. The number of likely N-dealkylation sites (tertiary alicyclic amines) is 1. The maximum atomic E-state index is 12.7. The fourth-order valence-corrected chi connectivity index (χ4v) is 3.23. The quantitative estimate of drug-likeness (QED) is 0.782. The predicted octanol–water partition coefficient (Wildman–Crippen LogP) is 2.69. The van der Waals surface area contributed by atoms with E-state index in [2.05, 4.69) is 5.10 Å². The first-order chi connectivity index (χ1) is 10.9. The van der Waals surface area contributed by atoms with E-state index in [1.54, 1.807) is 0 Å². The van der Waals surface area contributed by atoms with Crippen LogP contribution in [0, 0.1) is 11.8 Å². The van der Waals surface area contributed by atoms with Gasteiger partial charge in [0.05, 0.1) is 6.61 Å². The van der Waals surface area contributed by atoms with E-state index < -0.39 is 11.9 Å². The van der Waals surface area contributed by atoms with Crippen molar-refractivity contribution >= 4 is 32.9 Å². The van der Waals surface area contributed by atoms with Gasteiger partial charge in [0.1, 0.15) is 5.69 Å². The van der Waals surface area contributed by atoms with Crippen molar-refractivity contribution in [3.8, 4) is 5.88 Å². The van der Waals surface area contributed by atoms with Gasteiger partial charge in [-0.2, -0.15) is 40.2 Å². The van der Waals surface area contributed by atoms with Crippen molar-refractivity contribution in [2.24, 2.45) is 18.9 Å². The highest BCUT2D eigenvalue weighted by Crippen LogP contribution is 2.37. The van der Waals surface area contributed by atoms with Crippen molar-refractivity contribution in [1.29, 1.82) is 0 Å². The second-order valence-electron chi connectivity index (χ2n) is 6.28. The zero-order valence-electron chi connectivity index (χ0n) is 14.0. The summed E-state index contributed by atoms with van der Waals surface area (Å²) in [5.41, 5.74) is -0.842. The average Bonchev–Trinajstić information content (AvgIpc) is 3.06. The molecule has 0 spiro atoms. The summed E-state index contributed by atoms with van der Waals surface area (Å²) in [6.45, 7) is 1.87. The van der Waals surface area contributed by atoms with E-state index in [-0.39, 0.29) is 57.2 Å². The third-order valence-electron chi connectivity index (χ3n) is 4.75. The molecule has 1 amide bonds. The van der Waals surface area contributed by atoms with Crippen molar-refractivity contribution in [1.82, 2.24) is 14.7 Å². The molecule has 0 aromatic carbocycles. The molecule has 3 rings (SSSR count). The van der Waals surface area contributed by atoms with Gasteiger partial charge in [0.15, 0.2) is 0 Å². The highest BCUT2D eigenvalue weighted by Gasteiger charge is 2.40. The van der Waals surface area contributed by atoms with Gasteiger partial charge in [0.25, 0.3) is 0 Å². The van der Waals surface area contributed by atoms with Crippen LogP contribution < -0.4 is 4.74 Å². The molecule has 0 bridgehead atoms. The van der Waals surface area contributed by atoms with Crippen molar-refractivity contribution in [2.45, 2.75) is 31.9 Å². The minimum Gasteiger partial charge on any atom is -0.476 e. The van der Waals surface area contributed by atoms with Gasteiger partial charge in [-0.1, -0.05) is 0 Å². The molecule has 1 saturated heterocycles. The Morgan fingerprint density at radius 2 is 1.92 bits per heavy atom. The number of ether oxygens (including phenoxy) is 1. The standard InChI is InChI=1S/C15H20F3N3O2.2H2S/c1-20-12(15(16,17)18)8-13(19-20)23-9-10-4-5-11(10)14(22)21-6-2-3-7-21;;/h8,10-11H,2-7,9H2,1H3;2*1H2/t10-,11+;;/m1../s1. The summed E-state index contributed by atoms with van der Waals surface area (Å²) in [5.74, 6) is 0.136. The van der Waals surface area contributed by atoms with E-state index in [1.807, 2.05) is 4.90 Å². The van der Waals surface area contributed by atoms with Crippen LogP contribution in [0.15, 0.2) is 6.07 Å². The number of nitrogens with zero attached hydrogens (tertiary/aromatic N) is 3. The molecule has 5 nitrogen and oxygen atoms in total. The van der Waals surface area contributed by atoms with Crippen LogP contribution in [0.25, 0.3) is 0 Å². The topological polar surface area (TPSA) is 47.4 Å². The molecule has 1 aliphatic heterocycles. The largest absolute Gasteiger partial charge is 0.476 e. The Hall–Kier alpha value is -1.03. The third-order valence-corrected chi connectivity index (χ3v) is 4.75. The maximum Gasteiger partial charge on any atom is 0.433 e. The number of hydrogen-bond acceptors (Lipinski definition) is 3. The molecule has 0 N–H and O–H groups in total. The van der Waals surface area contributed by atoms with Crippen molar-refractivity contribution in [3.63, 3.8) is 0 Å².